The van der Waals surface area contributed by atoms with E-state index in [4.69, 9.17) is 5.73 Å². The quantitative estimate of drug-likeness (QED) is 0.403. The molecule has 0 unspecified atom stereocenters. The molecule has 0 aliphatic rings. The van der Waals surface area contributed by atoms with Crippen LogP contribution in [-0.4, -0.2) is 0 Å². The number of nitrogens with two attached hydrogens (primary N) is 1. The zero-order valence-electron chi connectivity index (χ0n) is 5.23. The van der Waals surface area contributed by atoms with Crippen molar-refractivity contribution in [3.05, 3.63) is 30.3 Å². The molecule has 0 amide bonds. The number of benzene rings is 1. The Bertz CT molecular complexity index is 143. The van der Waals surface area contributed by atoms with Gasteiger partial charge in [0.1, 0.15) is 0 Å². The minimum Gasteiger partial charge on any atom is -0.545 e. The first-order valence-corrected chi connectivity index (χ1v) is 1.94. The summed E-state index contributed by atoms with van der Waals surface area (Å²) in [6, 6.07) is 11.4. The van der Waals surface area contributed by atoms with Crippen molar-refractivity contribution in [2.45, 2.75) is 0 Å². The predicted octanol–water partition coefficient (Wildman–Crippen LogP) is 0.669. The largest absolute Gasteiger partial charge is 0.545 e. The van der Waals surface area contributed by atoms with Gasteiger partial charge in [-0.05, 0) is 0 Å². The van der Waals surface area contributed by atoms with Crippen LogP contribution in [0.1, 0.15) is 0 Å². The maximum atomic E-state index is 5.23. The fraction of sp³-hybridized carbons (Fsp3) is 0. The van der Waals surface area contributed by atoms with Crippen LogP contribution in [0.3, 0.4) is 0 Å². The van der Waals surface area contributed by atoms with Gasteiger partial charge in [0.15, 0.2) is 0 Å². The van der Waals surface area contributed by atoms with E-state index < -0.39 is 0 Å². The topological polar surface area (TPSA) is 26.0 Å². The van der Waals surface area contributed by atoms with Crippen LogP contribution < -0.4 is 5.73 Å². The molecular formula is C6H4Ce3N-3. The Balaban J connectivity index is -0.000000163. The second kappa shape index (κ2) is 12.1. The van der Waals surface area contributed by atoms with Gasteiger partial charge in [-0.3, -0.25) is 0 Å². The molecule has 0 heterocycles. The molecule has 0 bridgehead atoms. The summed E-state index contributed by atoms with van der Waals surface area (Å²) in [7, 11) is 0. The number of hydrogen-bond acceptors (Lipinski definition) is 1. The van der Waals surface area contributed by atoms with Gasteiger partial charge in [-0.25, -0.2) is 0 Å². The van der Waals surface area contributed by atoms with Crippen LogP contribution in [0.15, 0.2) is 12.1 Å². The monoisotopic (exact) mass is 510 g/mol. The zero-order chi connectivity index (χ0) is 5.11. The van der Waals surface area contributed by atoms with Crippen molar-refractivity contribution in [3.8, 4) is 0 Å². The van der Waals surface area contributed by atoms with E-state index in [1.165, 1.54) is 0 Å². The van der Waals surface area contributed by atoms with E-state index >= 15 is 0 Å². The van der Waals surface area contributed by atoms with E-state index in [9.17, 15) is 0 Å². The van der Waals surface area contributed by atoms with Gasteiger partial charge in [0.25, 0.3) is 0 Å². The molecule has 0 fully saturated rings. The SMILES string of the molecule is Nc1[c-]c[c-]c[c-]1.[Ce].[Ce].[Ce]. The molecule has 10 heavy (non-hydrogen) atoms. The van der Waals surface area contributed by atoms with E-state index in [0.717, 1.165) is 0 Å². The van der Waals surface area contributed by atoms with Gasteiger partial charge in [0, 0.05) is 125 Å². The molecule has 0 radical (unpaired) electrons. The fourth-order valence-electron chi connectivity index (χ4n) is 0.322. The first kappa shape index (κ1) is 18.8. The van der Waals surface area contributed by atoms with Gasteiger partial charge in [-0.15, -0.1) is 0 Å². The molecule has 0 saturated carbocycles. The van der Waals surface area contributed by atoms with Crippen molar-refractivity contribution in [2.75, 3.05) is 5.73 Å². The van der Waals surface area contributed by atoms with Gasteiger partial charge >= 0.3 is 0 Å². The molecule has 4 heteroatoms. The van der Waals surface area contributed by atoms with E-state index in [0.29, 0.717) is 5.69 Å². The van der Waals surface area contributed by atoms with Gasteiger partial charge in [0.05, 0.1) is 0 Å². The van der Waals surface area contributed by atoms with E-state index in [2.05, 4.69) is 18.2 Å². The summed E-state index contributed by atoms with van der Waals surface area (Å²) in [6.07, 6.45) is 0. The molecule has 0 atom stereocenters. The Hall–Kier alpha value is 3.15. The van der Waals surface area contributed by atoms with Gasteiger partial charge in [-0.2, -0.15) is 0 Å². The molecule has 1 nitrogen and oxygen atoms in total. The van der Waals surface area contributed by atoms with Crippen LogP contribution in [0, 0.1) is 143 Å². The molecule has 0 spiro atoms. The van der Waals surface area contributed by atoms with Crippen LogP contribution in [0.4, 0.5) is 5.69 Å². The van der Waals surface area contributed by atoms with Crippen LogP contribution in [-0.2, 0) is 0 Å². The molecule has 1 rings (SSSR count). The van der Waals surface area contributed by atoms with Crippen molar-refractivity contribution >= 4 is 5.69 Å². The van der Waals surface area contributed by atoms with Crippen LogP contribution in [0.2, 0.25) is 0 Å². The second-order valence-electron chi connectivity index (χ2n) is 1.16. The van der Waals surface area contributed by atoms with Crippen molar-refractivity contribution in [2.24, 2.45) is 0 Å². The van der Waals surface area contributed by atoms with E-state index in [1.54, 1.807) is 12.1 Å². The van der Waals surface area contributed by atoms with Gasteiger partial charge in [0.2, 0.25) is 0 Å². The molecule has 1 aromatic carbocycles. The Labute approximate surface area is 162 Å². The Morgan fingerprint density at radius 3 is 1.60 bits per heavy atom. The summed E-state index contributed by atoms with van der Waals surface area (Å²) in [4.78, 5) is 0. The molecule has 0 aromatic heterocycles. The van der Waals surface area contributed by atoms with Gasteiger partial charge in [-0.1, -0.05) is 0 Å². The first-order valence-electron chi connectivity index (χ1n) is 1.94. The molecular weight excluding hydrogens is 506 g/mol. The third-order valence-electron chi connectivity index (χ3n) is 0.622. The van der Waals surface area contributed by atoms with Crippen molar-refractivity contribution in [1.82, 2.24) is 0 Å². The number of nitrogen functional groups attached to an aromatic ring is 1. The summed E-state index contributed by atoms with van der Waals surface area (Å²) in [6.45, 7) is 0. The molecule has 0 aliphatic carbocycles. The number of hydrogen-bond donors (Lipinski definition) is 1. The second-order valence-corrected chi connectivity index (χ2v) is 1.16. The van der Waals surface area contributed by atoms with Crippen molar-refractivity contribution in [3.63, 3.8) is 0 Å². The molecule has 48 valence electrons. The molecule has 0 saturated heterocycles. The Morgan fingerprint density at radius 1 is 1.00 bits per heavy atom. The van der Waals surface area contributed by atoms with Gasteiger partial charge < -0.3 is 41.8 Å². The fourth-order valence-corrected chi connectivity index (χ4v) is 0.322. The summed E-state index contributed by atoms with van der Waals surface area (Å²) in [5, 5.41) is 0. The van der Waals surface area contributed by atoms with Crippen molar-refractivity contribution in [1.29, 1.82) is 0 Å². The third kappa shape index (κ3) is 9.24. The number of anilines is 1. The van der Waals surface area contributed by atoms with Crippen LogP contribution in [0.5, 0.6) is 0 Å². The van der Waals surface area contributed by atoms with Crippen LogP contribution in [0.25, 0.3) is 0 Å². The summed E-state index contributed by atoms with van der Waals surface area (Å²) >= 11 is 0. The average molecular weight is 510 g/mol. The standard InChI is InChI=1S/C6H4N.3Ce/c7-6-4-2-1-3-5-6;;;/h2-3H,7H2;;;/q-3;;;. The number of rotatable bonds is 0. The first-order chi connectivity index (χ1) is 3.39. The molecule has 0 aliphatic heterocycles. The summed E-state index contributed by atoms with van der Waals surface area (Å²) < 4.78 is 0. The Morgan fingerprint density at radius 2 is 1.40 bits per heavy atom. The van der Waals surface area contributed by atoms with Crippen molar-refractivity contribution < 1.29 is 125 Å². The smallest absolute Gasteiger partial charge is 0 e. The van der Waals surface area contributed by atoms with E-state index in [1.807, 2.05) is 0 Å². The summed E-state index contributed by atoms with van der Waals surface area (Å²) in [5.41, 5.74) is 5.77. The minimum atomic E-state index is 0. The maximum absolute atomic E-state index is 5.23. The molecule has 1 aromatic rings. The maximum Gasteiger partial charge on any atom is 0 e. The average Bonchev–Trinajstić information content (AvgIpc) is 1.69. The normalized spacial score (nSPS) is 6.00. The third-order valence-corrected chi connectivity index (χ3v) is 0.622. The zero-order valence-corrected chi connectivity index (χ0v) is 14.7. The summed E-state index contributed by atoms with van der Waals surface area (Å²) in [5.74, 6) is 0. The molecule has 2 N–H and O–H groups in total. The van der Waals surface area contributed by atoms with E-state index in [-0.39, 0.29) is 125 Å². The Kier molecular flexibility index (Phi) is 22.9. The van der Waals surface area contributed by atoms with Crippen LogP contribution >= 0.6 is 0 Å². The predicted molar refractivity (Wildman–Crippen MR) is 27.4 cm³/mol. The minimum absolute atomic E-state index is 0.